The summed E-state index contributed by atoms with van der Waals surface area (Å²) in [5.74, 6) is -1.22. The molecule has 2 N–H and O–H groups in total. The molecular formula is C19H18ClF2N3O. The average molecular weight is 378 g/mol. The minimum atomic E-state index is -0.618. The van der Waals surface area contributed by atoms with Gasteiger partial charge in [0.2, 0.25) is 0 Å². The van der Waals surface area contributed by atoms with Gasteiger partial charge in [0.05, 0.1) is 24.1 Å². The van der Waals surface area contributed by atoms with Gasteiger partial charge >= 0.3 is 0 Å². The van der Waals surface area contributed by atoms with Crippen LogP contribution < -0.4 is 5.32 Å². The van der Waals surface area contributed by atoms with E-state index in [-0.39, 0.29) is 18.5 Å². The topological polar surface area (TPSA) is 49.9 Å². The number of morpholine rings is 1. The maximum absolute atomic E-state index is 13.9. The van der Waals surface area contributed by atoms with Crippen LogP contribution in [0.3, 0.4) is 0 Å². The Morgan fingerprint density at radius 3 is 2.54 bits per heavy atom. The Hall–Kier alpha value is -2.28. The zero-order chi connectivity index (χ0) is 17.2. The Balaban J connectivity index is 0.00000196. The van der Waals surface area contributed by atoms with Crippen LogP contribution in [0.25, 0.3) is 22.5 Å². The summed E-state index contributed by atoms with van der Waals surface area (Å²) >= 11 is 0. The van der Waals surface area contributed by atoms with Crippen molar-refractivity contribution < 1.29 is 13.5 Å². The fraction of sp³-hybridized carbons (Fsp3) is 0.211. The molecule has 0 radical (unpaired) electrons. The Morgan fingerprint density at radius 2 is 1.85 bits per heavy atom. The molecule has 26 heavy (non-hydrogen) atoms. The summed E-state index contributed by atoms with van der Waals surface area (Å²) in [5.41, 5.74) is 3.52. The number of aromatic amines is 1. The number of rotatable bonds is 3. The van der Waals surface area contributed by atoms with Gasteiger partial charge in [0.1, 0.15) is 11.6 Å². The lowest BCUT2D eigenvalue weighted by atomic mass is 10.0. The van der Waals surface area contributed by atoms with E-state index in [2.05, 4.69) is 15.5 Å². The highest BCUT2D eigenvalue weighted by molar-refractivity contribution is 5.85. The molecule has 1 atom stereocenters. The monoisotopic (exact) mass is 377 g/mol. The average Bonchev–Trinajstić information content (AvgIpc) is 3.12. The number of halogens is 3. The standard InChI is InChI=1S/C19H17F2N3O.ClH/c20-14-5-6-15(16(21)9-14)18-10-17(23-24-18)12-1-3-13(4-2-12)19-11-22-7-8-25-19;/h1-6,9-10,19,22H,7-8,11H2,(H,23,24);1H/t19-;/m1./s1. The molecule has 0 bridgehead atoms. The van der Waals surface area contributed by atoms with Crippen molar-refractivity contribution in [3.8, 4) is 22.5 Å². The molecule has 4 nitrogen and oxygen atoms in total. The highest BCUT2D eigenvalue weighted by Crippen LogP contribution is 2.27. The molecule has 0 aliphatic carbocycles. The van der Waals surface area contributed by atoms with Crippen LogP contribution >= 0.6 is 12.4 Å². The normalized spacial score (nSPS) is 16.9. The first-order chi connectivity index (χ1) is 12.2. The molecule has 1 aromatic heterocycles. The molecule has 1 aliphatic rings. The first-order valence-corrected chi connectivity index (χ1v) is 8.14. The van der Waals surface area contributed by atoms with E-state index in [0.717, 1.165) is 30.3 Å². The van der Waals surface area contributed by atoms with Gasteiger partial charge < -0.3 is 10.1 Å². The largest absolute Gasteiger partial charge is 0.371 e. The van der Waals surface area contributed by atoms with Crippen LogP contribution in [0, 0.1) is 11.6 Å². The quantitative estimate of drug-likeness (QED) is 0.722. The lowest BCUT2D eigenvalue weighted by Crippen LogP contribution is -2.33. The lowest BCUT2D eigenvalue weighted by molar-refractivity contribution is 0.0277. The van der Waals surface area contributed by atoms with E-state index in [1.54, 1.807) is 6.07 Å². The second-order valence-electron chi connectivity index (χ2n) is 5.98. The van der Waals surface area contributed by atoms with E-state index < -0.39 is 11.6 Å². The highest BCUT2D eigenvalue weighted by atomic mass is 35.5. The number of nitrogens with zero attached hydrogens (tertiary/aromatic N) is 1. The molecule has 7 heteroatoms. The third-order valence-corrected chi connectivity index (χ3v) is 4.31. The first-order valence-electron chi connectivity index (χ1n) is 8.14. The van der Waals surface area contributed by atoms with Crippen LogP contribution in [0.15, 0.2) is 48.5 Å². The van der Waals surface area contributed by atoms with Crippen molar-refractivity contribution in [1.82, 2.24) is 15.5 Å². The molecule has 1 saturated heterocycles. The third-order valence-electron chi connectivity index (χ3n) is 4.31. The molecule has 136 valence electrons. The summed E-state index contributed by atoms with van der Waals surface area (Å²) in [4.78, 5) is 0. The Morgan fingerprint density at radius 1 is 1.04 bits per heavy atom. The van der Waals surface area contributed by atoms with Gasteiger partial charge in [-0.3, -0.25) is 5.10 Å². The second kappa shape index (κ2) is 7.95. The van der Waals surface area contributed by atoms with Crippen molar-refractivity contribution in [2.24, 2.45) is 0 Å². The van der Waals surface area contributed by atoms with Crippen molar-refractivity contribution in [3.63, 3.8) is 0 Å². The zero-order valence-electron chi connectivity index (χ0n) is 13.8. The van der Waals surface area contributed by atoms with Gasteiger partial charge in [0.15, 0.2) is 0 Å². The highest BCUT2D eigenvalue weighted by Gasteiger charge is 2.16. The number of benzene rings is 2. The van der Waals surface area contributed by atoms with Crippen molar-refractivity contribution in [2.75, 3.05) is 19.7 Å². The van der Waals surface area contributed by atoms with E-state index in [1.165, 1.54) is 12.1 Å². The van der Waals surface area contributed by atoms with Crippen LogP contribution in [0.2, 0.25) is 0 Å². The number of aromatic nitrogens is 2. The predicted molar refractivity (Wildman–Crippen MR) is 98.2 cm³/mol. The Labute approximate surface area is 156 Å². The number of ether oxygens (including phenoxy) is 1. The third kappa shape index (κ3) is 3.77. The zero-order valence-corrected chi connectivity index (χ0v) is 14.7. The van der Waals surface area contributed by atoms with Crippen LogP contribution in [-0.2, 0) is 4.74 Å². The van der Waals surface area contributed by atoms with Crippen LogP contribution in [0.4, 0.5) is 8.78 Å². The van der Waals surface area contributed by atoms with E-state index in [0.29, 0.717) is 23.6 Å². The minimum absolute atomic E-state index is 0. The smallest absolute Gasteiger partial charge is 0.135 e. The number of hydrogen-bond acceptors (Lipinski definition) is 3. The molecule has 0 unspecified atom stereocenters. The van der Waals surface area contributed by atoms with Gasteiger partial charge in [-0.05, 0) is 23.8 Å². The summed E-state index contributed by atoms with van der Waals surface area (Å²) < 4.78 is 32.7. The first kappa shape index (κ1) is 18.5. The van der Waals surface area contributed by atoms with E-state index >= 15 is 0 Å². The maximum atomic E-state index is 13.9. The summed E-state index contributed by atoms with van der Waals surface area (Å²) in [6, 6.07) is 13.2. The van der Waals surface area contributed by atoms with Crippen molar-refractivity contribution in [2.45, 2.75) is 6.10 Å². The molecular weight excluding hydrogens is 360 g/mol. The SMILES string of the molecule is Cl.Fc1ccc(-c2cc(-c3ccc([C@H]4CNCCO4)cc3)n[nH]2)c(F)c1. The summed E-state index contributed by atoms with van der Waals surface area (Å²) in [5, 5.41) is 10.4. The van der Waals surface area contributed by atoms with Crippen LogP contribution in [0.5, 0.6) is 0 Å². The summed E-state index contributed by atoms with van der Waals surface area (Å²) in [6.45, 7) is 2.39. The molecule has 4 rings (SSSR count). The maximum Gasteiger partial charge on any atom is 0.135 e. The minimum Gasteiger partial charge on any atom is -0.371 e. The van der Waals surface area contributed by atoms with Gasteiger partial charge in [-0.25, -0.2) is 8.78 Å². The van der Waals surface area contributed by atoms with E-state index in [1.807, 2.05) is 24.3 Å². The predicted octanol–water partition coefficient (Wildman–Crippen LogP) is 4.10. The van der Waals surface area contributed by atoms with Gasteiger partial charge in [-0.2, -0.15) is 5.10 Å². The molecule has 1 fully saturated rings. The Bertz CT molecular complexity index is 877. The van der Waals surface area contributed by atoms with Crippen molar-refractivity contribution in [1.29, 1.82) is 0 Å². The fourth-order valence-electron chi connectivity index (χ4n) is 2.96. The molecule has 3 aromatic rings. The second-order valence-corrected chi connectivity index (χ2v) is 5.98. The van der Waals surface area contributed by atoms with E-state index in [4.69, 9.17) is 4.74 Å². The number of nitrogens with one attached hydrogen (secondary N) is 2. The van der Waals surface area contributed by atoms with Crippen molar-refractivity contribution >= 4 is 12.4 Å². The van der Waals surface area contributed by atoms with E-state index in [9.17, 15) is 8.78 Å². The van der Waals surface area contributed by atoms with Gasteiger partial charge in [-0.1, -0.05) is 24.3 Å². The molecule has 1 aliphatic heterocycles. The molecule has 0 amide bonds. The molecule has 0 saturated carbocycles. The summed E-state index contributed by atoms with van der Waals surface area (Å²) in [7, 11) is 0. The fourth-order valence-corrected chi connectivity index (χ4v) is 2.96. The van der Waals surface area contributed by atoms with Crippen LogP contribution in [-0.4, -0.2) is 29.9 Å². The lowest BCUT2D eigenvalue weighted by Gasteiger charge is -2.24. The van der Waals surface area contributed by atoms with Gasteiger partial charge in [0, 0.05) is 30.3 Å². The van der Waals surface area contributed by atoms with Gasteiger partial charge in [-0.15, -0.1) is 12.4 Å². The molecule has 0 spiro atoms. The Kier molecular flexibility index (Phi) is 5.66. The van der Waals surface area contributed by atoms with Crippen molar-refractivity contribution in [3.05, 3.63) is 65.7 Å². The summed E-state index contributed by atoms with van der Waals surface area (Å²) in [6.07, 6.45) is 0.0610. The molecule has 2 aromatic carbocycles. The molecule has 2 heterocycles. The number of H-pyrrole nitrogens is 1. The van der Waals surface area contributed by atoms with Crippen LogP contribution in [0.1, 0.15) is 11.7 Å². The van der Waals surface area contributed by atoms with Gasteiger partial charge in [0.25, 0.3) is 0 Å². The number of hydrogen-bond donors (Lipinski definition) is 2.